The first-order chi connectivity index (χ1) is 6.96. The number of sulfone groups is 1. The molecule has 0 bridgehead atoms. The maximum Gasteiger partial charge on any atom is 0.239 e. The Morgan fingerprint density at radius 3 is 2.40 bits per heavy atom. The molecule has 1 fully saturated rings. The summed E-state index contributed by atoms with van der Waals surface area (Å²) in [6, 6.07) is -0.844. The van der Waals surface area contributed by atoms with Crippen molar-refractivity contribution in [2.75, 3.05) is 24.6 Å². The van der Waals surface area contributed by atoms with E-state index in [9.17, 15) is 18.0 Å². The van der Waals surface area contributed by atoms with Crippen LogP contribution in [0, 0.1) is 0 Å². The van der Waals surface area contributed by atoms with Crippen molar-refractivity contribution in [2.24, 2.45) is 5.73 Å². The predicted molar refractivity (Wildman–Crippen MR) is 53.9 cm³/mol. The number of carbonyl (C=O) groups excluding carboxylic acids is 2. The third kappa shape index (κ3) is 3.28. The number of hydrogen-bond donors (Lipinski definition) is 1. The fourth-order valence-electron chi connectivity index (χ4n) is 1.37. The maximum absolute atomic E-state index is 11.5. The summed E-state index contributed by atoms with van der Waals surface area (Å²) in [5.74, 6) is -0.393. The second-order valence-electron chi connectivity index (χ2n) is 3.49. The summed E-state index contributed by atoms with van der Waals surface area (Å²) in [7, 11) is -2.99. The molecule has 1 aliphatic rings. The zero-order chi connectivity index (χ0) is 11.5. The molecule has 1 saturated heterocycles. The quantitative estimate of drug-likeness (QED) is 0.579. The summed E-state index contributed by atoms with van der Waals surface area (Å²) in [6.07, 6.45) is 0.561. The number of carbonyl (C=O) groups is 2. The van der Waals surface area contributed by atoms with Crippen molar-refractivity contribution in [3.05, 3.63) is 0 Å². The van der Waals surface area contributed by atoms with Crippen LogP contribution < -0.4 is 5.73 Å². The topological polar surface area (TPSA) is 97.5 Å². The largest absolute Gasteiger partial charge is 0.339 e. The number of aldehydes is 1. The monoisotopic (exact) mass is 234 g/mol. The Balaban J connectivity index is 2.53. The second kappa shape index (κ2) is 4.71. The van der Waals surface area contributed by atoms with E-state index < -0.39 is 15.9 Å². The summed E-state index contributed by atoms with van der Waals surface area (Å²) in [6.45, 7) is 0.349. The number of nitrogens with zero attached hydrogens (tertiary/aromatic N) is 1. The first-order valence-electron chi connectivity index (χ1n) is 4.65. The van der Waals surface area contributed by atoms with E-state index in [0.29, 0.717) is 6.29 Å². The Morgan fingerprint density at radius 1 is 1.40 bits per heavy atom. The van der Waals surface area contributed by atoms with Gasteiger partial charge in [0.05, 0.1) is 17.5 Å². The molecule has 1 amide bonds. The molecule has 0 spiro atoms. The van der Waals surface area contributed by atoms with E-state index in [4.69, 9.17) is 5.73 Å². The molecular formula is C8H14N2O4S. The normalized spacial score (nSPS) is 22.1. The molecule has 1 atom stereocenters. The SMILES string of the molecule is N[C@@H](CC=O)C(=O)N1CCS(=O)(=O)CC1. The molecule has 1 heterocycles. The van der Waals surface area contributed by atoms with Crippen LogP contribution in [0.25, 0.3) is 0 Å². The minimum atomic E-state index is -2.99. The maximum atomic E-state index is 11.5. The fraction of sp³-hybridized carbons (Fsp3) is 0.750. The molecule has 0 radical (unpaired) electrons. The van der Waals surface area contributed by atoms with Gasteiger partial charge in [-0.1, -0.05) is 0 Å². The van der Waals surface area contributed by atoms with Crippen LogP contribution in [-0.2, 0) is 19.4 Å². The van der Waals surface area contributed by atoms with Gasteiger partial charge in [-0.05, 0) is 0 Å². The van der Waals surface area contributed by atoms with Gasteiger partial charge in [0.2, 0.25) is 5.91 Å². The van der Waals surface area contributed by atoms with Crippen molar-refractivity contribution in [3.8, 4) is 0 Å². The number of amides is 1. The lowest BCUT2D eigenvalue weighted by Gasteiger charge is -2.28. The first kappa shape index (κ1) is 12.1. The summed E-state index contributed by atoms with van der Waals surface area (Å²) in [4.78, 5) is 23.1. The van der Waals surface area contributed by atoms with Crippen LogP contribution in [-0.4, -0.2) is 56.1 Å². The fourth-order valence-corrected chi connectivity index (χ4v) is 2.57. The molecule has 0 aromatic heterocycles. The van der Waals surface area contributed by atoms with Gasteiger partial charge in [0.15, 0.2) is 9.84 Å². The lowest BCUT2D eigenvalue weighted by atomic mass is 10.2. The number of nitrogens with two attached hydrogens (primary N) is 1. The Morgan fingerprint density at radius 2 is 1.93 bits per heavy atom. The third-order valence-electron chi connectivity index (χ3n) is 2.32. The average molecular weight is 234 g/mol. The third-order valence-corrected chi connectivity index (χ3v) is 3.93. The molecule has 1 rings (SSSR count). The second-order valence-corrected chi connectivity index (χ2v) is 5.79. The zero-order valence-corrected chi connectivity index (χ0v) is 9.07. The van der Waals surface area contributed by atoms with Crippen LogP contribution in [0.3, 0.4) is 0 Å². The summed E-state index contributed by atoms with van der Waals surface area (Å²) >= 11 is 0. The Kier molecular flexibility index (Phi) is 3.81. The summed E-state index contributed by atoms with van der Waals surface area (Å²) < 4.78 is 22.2. The van der Waals surface area contributed by atoms with Crippen molar-refractivity contribution < 1.29 is 18.0 Å². The van der Waals surface area contributed by atoms with E-state index in [-0.39, 0.29) is 36.9 Å². The van der Waals surface area contributed by atoms with Gasteiger partial charge in [-0.15, -0.1) is 0 Å². The first-order valence-corrected chi connectivity index (χ1v) is 6.47. The molecule has 7 heteroatoms. The molecule has 0 saturated carbocycles. The van der Waals surface area contributed by atoms with Crippen LogP contribution in [0.15, 0.2) is 0 Å². The van der Waals surface area contributed by atoms with Crippen LogP contribution in [0.1, 0.15) is 6.42 Å². The molecule has 1 aliphatic heterocycles. The lowest BCUT2D eigenvalue weighted by Crippen LogP contribution is -2.50. The molecular weight excluding hydrogens is 220 g/mol. The van der Waals surface area contributed by atoms with E-state index in [1.165, 1.54) is 4.90 Å². The molecule has 0 unspecified atom stereocenters. The van der Waals surface area contributed by atoms with E-state index in [0.717, 1.165) is 0 Å². The van der Waals surface area contributed by atoms with Gasteiger partial charge in [-0.25, -0.2) is 8.42 Å². The minimum Gasteiger partial charge on any atom is -0.339 e. The van der Waals surface area contributed by atoms with Crippen molar-refractivity contribution in [3.63, 3.8) is 0 Å². The van der Waals surface area contributed by atoms with E-state index >= 15 is 0 Å². The van der Waals surface area contributed by atoms with Crippen molar-refractivity contribution in [2.45, 2.75) is 12.5 Å². The van der Waals surface area contributed by atoms with Crippen molar-refractivity contribution in [1.29, 1.82) is 0 Å². The molecule has 0 aliphatic carbocycles. The van der Waals surface area contributed by atoms with Crippen LogP contribution >= 0.6 is 0 Å². The lowest BCUT2D eigenvalue weighted by molar-refractivity contribution is -0.133. The van der Waals surface area contributed by atoms with Crippen molar-refractivity contribution >= 4 is 22.0 Å². The van der Waals surface area contributed by atoms with E-state index in [1.807, 2.05) is 0 Å². The van der Waals surface area contributed by atoms with E-state index in [2.05, 4.69) is 0 Å². The van der Waals surface area contributed by atoms with Crippen LogP contribution in [0.2, 0.25) is 0 Å². The van der Waals surface area contributed by atoms with E-state index in [1.54, 1.807) is 0 Å². The van der Waals surface area contributed by atoms with Crippen LogP contribution in [0.5, 0.6) is 0 Å². The standard InChI is InChI=1S/C8H14N2O4S/c9-7(1-4-11)8(12)10-2-5-15(13,14)6-3-10/h4,7H,1-3,5-6,9H2/t7-/m0/s1. The predicted octanol–water partition coefficient (Wildman–Crippen LogP) is -1.84. The van der Waals surface area contributed by atoms with Gasteiger partial charge in [-0.3, -0.25) is 4.79 Å². The van der Waals surface area contributed by atoms with Gasteiger partial charge < -0.3 is 15.4 Å². The Bertz CT molecular complexity index is 338. The molecule has 15 heavy (non-hydrogen) atoms. The highest BCUT2D eigenvalue weighted by molar-refractivity contribution is 7.91. The van der Waals surface area contributed by atoms with Gasteiger partial charge in [-0.2, -0.15) is 0 Å². The highest BCUT2D eigenvalue weighted by Crippen LogP contribution is 2.05. The summed E-state index contributed by atoms with van der Waals surface area (Å²) in [5.41, 5.74) is 5.45. The highest BCUT2D eigenvalue weighted by Gasteiger charge is 2.27. The molecule has 6 nitrogen and oxygen atoms in total. The van der Waals surface area contributed by atoms with Crippen LogP contribution in [0.4, 0.5) is 0 Å². The number of hydrogen-bond acceptors (Lipinski definition) is 5. The van der Waals surface area contributed by atoms with Gasteiger partial charge in [0.25, 0.3) is 0 Å². The molecule has 86 valence electrons. The van der Waals surface area contributed by atoms with Gasteiger partial charge in [0, 0.05) is 19.5 Å². The molecule has 0 aromatic carbocycles. The molecule has 0 aromatic rings. The average Bonchev–Trinajstić information content (AvgIpc) is 2.17. The zero-order valence-electron chi connectivity index (χ0n) is 8.26. The molecule has 2 N–H and O–H groups in total. The smallest absolute Gasteiger partial charge is 0.239 e. The van der Waals surface area contributed by atoms with Gasteiger partial charge in [0.1, 0.15) is 6.29 Å². The summed E-state index contributed by atoms with van der Waals surface area (Å²) in [5, 5.41) is 0. The Hall–Kier alpha value is -0.950. The Labute approximate surface area is 88.3 Å². The number of rotatable bonds is 3. The minimum absolute atomic E-state index is 0.0213. The van der Waals surface area contributed by atoms with Gasteiger partial charge >= 0.3 is 0 Å². The highest BCUT2D eigenvalue weighted by atomic mass is 32.2. The van der Waals surface area contributed by atoms with Crippen molar-refractivity contribution in [1.82, 2.24) is 4.90 Å².